The highest BCUT2D eigenvalue weighted by atomic mass is 79.9. The molecule has 1 heterocycles. The van der Waals surface area contributed by atoms with Gasteiger partial charge in [0.2, 0.25) is 5.91 Å². The van der Waals surface area contributed by atoms with E-state index in [4.69, 9.17) is 5.73 Å². The molecule has 18 heavy (non-hydrogen) atoms. The fraction of sp³-hybridized carbons (Fsp3) is 0.231. The number of rotatable bonds is 4. The second-order valence-corrected chi connectivity index (χ2v) is 5.05. The number of halogens is 1. The molecule has 0 aliphatic carbocycles. The molecule has 1 aromatic heterocycles. The monoisotopic (exact) mass is 307 g/mol. The molecule has 0 spiro atoms. The van der Waals surface area contributed by atoms with Gasteiger partial charge in [0.15, 0.2) is 0 Å². The van der Waals surface area contributed by atoms with Crippen LogP contribution in [-0.2, 0) is 11.2 Å². The molecular formula is C13H14BrN3O. The van der Waals surface area contributed by atoms with Gasteiger partial charge < -0.3 is 10.3 Å². The first-order valence-electron chi connectivity index (χ1n) is 5.63. The second kappa shape index (κ2) is 5.35. The van der Waals surface area contributed by atoms with E-state index in [2.05, 4.69) is 20.9 Å². The molecule has 94 valence electrons. The second-order valence-electron chi connectivity index (χ2n) is 4.13. The Morgan fingerprint density at radius 1 is 1.44 bits per heavy atom. The van der Waals surface area contributed by atoms with Crippen LogP contribution in [0.1, 0.15) is 24.4 Å². The maximum absolute atomic E-state index is 11.2. The SMILES string of the molecule is CC(C(N)=O)n1ccnc1Cc1ccc(Br)cc1. The van der Waals surface area contributed by atoms with Crippen molar-refractivity contribution in [1.29, 1.82) is 0 Å². The van der Waals surface area contributed by atoms with E-state index in [-0.39, 0.29) is 11.9 Å². The van der Waals surface area contributed by atoms with E-state index in [9.17, 15) is 4.79 Å². The molecular weight excluding hydrogens is 294 g/mol. The number of imidazole rings is 1. The Hall–Kier alpha value is -1.62. The Bertz CT molecular complexity index is 548. The van der Waals surface area contributed by atoms with Crippen LogP contribution in [0, 0.1) is 0 Å². The zero-order valence-electron chi connectivity index (χ0n) is 10.0. The number of hydrogen-bond donors (Lipinski definition) is 1. The maximum Gasteiger partial charge on any atom is 0.240 e. The fourth-order valence-corrected chi connectivity index (χ4v) is 2.02. The van der Waals surface area contributed by atoms with Crippen LogP contribution in [0.25, 0.3) is 0 Å². The van der Waals surface area contributed by atoms with Crippen molar-refractivity contribution in [2.45, 2.75) is 19.4 Å². The lowest BCUT2D eigenvalue weighted by atomic mass is 10.1. The van der Waals surface area contributed by atoms with Gasteiger partial charge in [-0.3, -0.25) is 4.79 Å². The summed E-state index contributed by atoms with van der Waals surface area (Å²) in [5.41, 5.74) is 6.46. The minimum atomic E-state index is -0.377. The number of nitrogens with zero attached hydrogens (tertiary/aromatic N) is 2. The average Bonchev–Trinajstić information content (AvgIpc) is 2.79. The third-order valence-corrected chi connectivity index (χ3v) is 3.38. The molecule has 2 rings (SSSR count). The normalized spacial score (nSPS) is 12.3. The van der Waals surface area contributed by atoms with Crippen LogP contribution < -0.4 is 5.73 Å². The molecule has 2 aromatic rings. The van der Waals surface area contributed by atoms with Gasteiger partial charge in [0.25, 0.3) is 0 Å². The Kier molecular flexibility index (Phi) is 3.81. The van der Waals surface area contributed by atoms with Crippen LogP contribution in [0.2, 0.25) is 0 Å². The lowest BCUT2D eigenvalue weighted by molar-refractivity contribution is -0.120. The largest absolute Gasteiger partial charge is 0.368 e. The molecule has 0 bridgehead atoms. The first-order chi connectivity index (χ1) is 8.58. The Morgan fingerprint density at radius 3 is 2.72 bits per heavy atom. The first-order valence-corrected chi connectivity index (χ1v) is 6.42. The molecule has 1 unspecified atom stereocenters. The average molecular weight is 308 g/mol. The van der Waals surface area contributed by atoms with Crippen molar-refractivity contribution < 1.29 is 4.79 Å². The quantitative estimate of drug-likeness (QED) is 0.942. The summed E-state index contributed by atoms with van der Waals surface area (Å²) in [4.78, 5) is 15.5. The topological polar surface area (TPSA) is 60.9 Å². The molecule has 1 atom stereocenters. The van der Waals surface area contributed by atoms with Crippen molar-refractivity contribution in [3.05, 3.63) is 52.5 Å². The lowest BCUT2D eigenvalue weighted by Crippen LogP contribution is -2.25. The van der Waals surface area contributed by atoms with E-state index in [1.54, 1.807) is 19.3 Å². The predicted octanol–water partition coefficient (Wildman–Crippen LogP) is 2.28. The summed E-state index contributed by atoms with van der Waals surface area (Å²) in [6, 6.07) is 7.65. The van der Waals surface area contributed by atoms with Gasteiger partial charge in [-0.15, -0.1) is 0 Å². The number of nitrogens with two attached hydrogens (primary N) is 1. The van der Waals surface area contributed by atoms with Crippen molar-refractivity contribution in [2.24, 2.45) is 5.73 Å². The van der Waals surface area contributed by atoms with E-state index in [0.717, 1.165) is 15.9 Å². The zero-order valence-corrected chi connectivity index (χ0v) is 11.6. The fourth-order valence-electron chi connectivity index (χ4n) is 1.76. The van der Waals surface area contributed by atoms with E-state index in [0.29, 0.717) is 6.42 Å². The molecule has 5 heteroatoms. The zero-order chi connectivity index (χ0) is 13.1. The number of hydrogen-bond acceptors (Lipinski definition) is 2. The highest BCUT2D eigenvalue weighted by molar-refractivity contribution is 9.10. The first kappa shape index (κ1) is 12.8. The lowest BCUT2D eigenvalue weighted by Gasteiger charge is -2.12. The highest BCUT2D eigenvalue weighted by Gasteiger charge is 2.14. The van der Waals surface area contributed by atoms with Gasteiger partial charge in [-0.05, 0) is 24.6 Å². The number of aromatic nitrogens is 2. The third-order valence-electron chi connectivity index (χ3n) is 2.85. The summed E-state index contributed by atoms with van der Waals surface area (Å²) in [5.74, 6) is 0.480. The van der Waals surface area contributed by atoms with Crippen LogP contribution in [0.4, 0.5) is 0 Å². The van der Waals surface area contributed by atoms with E-state index < -0.39 is 0 Å². The third kappa shape index (κ3) is 2.79. The number of primary amides is 1. The van der Waals surface area contributed by atoms with Crippen molar-refractivity contribution in [3.8, 4) is 0 Å². The van der Waals surface area contributed by atoms with Crippen molar-refractivity contribution in [1.82, 2.24) is 9.55 Å². The van der Waals surface area contributed by atoms with Gasteiger partial charge in [-0.1, -0.05) is 28.1 Å². The van der Waals surface area contributed by atoms with Crippen LogP contribution in [-0.4, -0.2) is 15.5 Å². The highest BCUT2D eigenvalue weighted by Crippen LogP contribution is 2.15. The van der Waals surface area contributed by atoms with Gasteiger partial charge in [0.05, 0.1) is 0 Å². The van der Waals surface area contributed by atoms with E-state index >= 15 is 0 Å². The minimum Gasteiger partial charge on any atom is -0.368 e. The molecule has 0 saturated heterocycles. The van der Waals surface area contributed by atoms with Crippen LogP contribution in [0.3, 0.4) is 0 Å². The molecule has 0 saturated carbocycles. The van der Waals surface area contributed by atoms with Gasteiger partial charge in [0, 0.05) is 23.3 Å². The van der Waals surface area contributed by atoms with Crippen molar-refractivity contribution in [3.63, 3.8) is 0 Å². The van der Waals surface area contributed by atoms with Crippen LogP contribution >= 0.6 is 15.9 Å². The Balaban J connectivity index is 2.22. The molecule has 0 aliphatic rings. The van der Waals surface area contributed by atoms with Gasteiger partial charge in [0.1, 0.15) is 11.9 Å². The number of benzene rings is 1. The Labute approximate surface area is 114 Å². The number of carbonyl (C=O) groups is 1. The summed E-state index contributed by atoms with van der Waals surface area (Å²) in [6.45, 7) is 1.77. The molecule has 0 fully saturated rings. The van der Waals surface area contributed by atoms with Gasteiger partial charge >= 0.3 is 0 Å². The smallest absolute Gasteiger partial charge is 0.240 e. The van der Waals surface area contributed by atoms with E-state index in [1.165, 1.54) is 0 Å². The Morgan fingerprint density at radius 2 is 2.11 bits per heavy atom. The molecule has 4 nitrogen and oxygen atoms in total. The predicted molar refractivity (Wildman–Crippen MR) is 73.1 cm³/mol. The molecule has 2 N–H and O–H groups in total. The summed E-state index contributed by atoms with van der Waals surface area (Å²) in [7, 11) is 0. The van der Waals surface area contributed by atoms with Crippen LogP contribution in [0.5, 0.6) is 0 Å². The van der Waals surface area contributed by atoms with E-state index in [1.807, 2.05) is 28.8 Å². The summed E-state index contributed by atoms with van der Waals surface area (Å²) in [6.07, 6.45) is 4.15. The standard InChI is InChI=1S/C13H14BrN3O/c1-9(13(15)18)17-7-6-16-12(17)8-10-2-4-11(14)5-3-10/h2-7,9H,8H2,1H3,(H2,15,18). The van der Waals surface area contributed by atoms with Crippen LogP contribution in [0.15, 0.2) is 41.1 Å². The van der Waals surface area contributed by atoms with Crippen molar-refractivity contribution >= 4 is 21.8 Å². The molecule has 1 aromatic carbocycles. The molecule has 0 radical (unpaired) electrons. The summed E-state index contributed by atoms with van der Waals surface area (Å²) < 4.78 is 2.85. The molecule has 0 aliphatic heterocycles. The summed E-state index contributed by atoms with van der Waals surface area (Å²) >= 11 is 3.40. The minimum absolute atomic E-state index is 0.356. The molecule has 1 amide bonds. The number of carbonyl (C=O) groups excluding carboxylic acids is 1. The number of amides is 1. The van der Waals surface area contributed by atoms with Gasteiger partial charge in [-0.25, -0.2) is 4.98 Å². The summed E-state index contributed by atoms with van der Waals surface area (Å²) in [5, 5.41) is 0. The maximum atomic E-state index is 11.2. The van der Waals surface area contributed by atoms with Crippen molar-refractivity contribution in [2.75, 3.05) is 0 Å². The van der Waals surface area contributed by atoms with Gasteiger partial charge in [-0.2, -0.15) is 0 Å².